The number of hydrogen-bond donors (Lipinski definition) is 2. The number of H-pyrrole nitrogens is 1. The fourth-order valence-corrected chi connectivity index (χ4v) is 3.33. The van der Waals surface area contributed by atoms with Crippen LogP contribution in [0, 0.1) is 0 Å². The van der Waals surface area contributed by atoms with Crippen LogP contribution in [0.25, 0.3) is 0 Å². The number of rotatable bonds is 5. The molecule has 3 rings (SSSR count). The smallest absolute Gasteiger partial charge is 0.324 e. The van der Waals surface area contributed by atoms with Gasteiger partial charge in [0, 0.05) is 11.1 Å². The van der Waals surface area contributed by atoms with Gasteiger partial charge in [0.1, 0.15) is 0 Å². The molecule has 122 valence electrons. The molecular weight excluding hydrogens is 359 g/mol. The van der Waals surface area contributed by atoms with Crippen molar-refractivity contribution >= 4 is 46.6 Å². The van der Waals surface area contributed by atoms with E-state index in [-0.39, 0.29) is 17.6 Å². The van der Waals surface area contributed by atoms with Crippen LogP contribution in [0.4, 0.5) is 5.69 Å². The van der Waals surface area contributed by atoms with E-state index < -0.39 is 5.25 Å². The zero-order chi connectivity index (χ0) is 16.6. The Labute approximate surface area is 146 Å². The maximum atomic E-state index is 12.3. The summed E-state index contributed by atoms with van der Waals surface area (Å²) in [7, 11) is 0. The maximum absolute atomic E-state index is 12.3. The molecule has 2 aromatic rings. The number of benzene rings is 1. The van der Waals surface area contributed by atoms with Gasteiger partial charge in [-0.3, -0.25) is 9.36 Å². The zero-order valence-electron chi connectivity index (χ0n) is 12.2. The maximum Gasteiger partial charge on any atom is 0.344 e. The first-order valence-electron chi connectivity index (χ1n) is 7.05. The number of carbonyl (C=O) groups excluding carboxylic acids is 1. The van der Waals surface area contributed by atoms with Gasteiger partial charge in [-0.05, 0) is 38.0 Å². The summed E-state index contributed by atoms with van der Waals surface area (Å²) < 4.78 is 1.61. The lowest BCUT2D eigenvalue weighted by Gasteiger charge is -2.13. The Morgan fingerprint density at radius 3 is 2.91 bits per heavy atom. The minimum absolute atomic E-state index is 0.196. The third-order valence-electron chi connectivity index (χ3n) is 3.42. The van der Waals surface area contributed by atoms with Crippen LogP contribution in [0.1, 0.15) is 25.8 Å². The van der Waals surface area contributed by atoms with Crippen LogP contribution < -0.4 is 11.0 Å². The number of anilines is 1. The summed E-state index contributed by atoms with van der Waals surface area (Å²) in [5, 5.41) is 10.2. The molecule has 1 atom stereocenters. The topological polar surface area (TPSA) is 79.8 Å². The Hall–Kier alpha value is -1.44. The molecule has 0 saturated heterocycles. The van der Waals surface area contributed by atoms with E-state index in [0.29, 0.717) is 20.9 Å². The second kappa shape index (κ2) is 6.59. The highest BCUT2D eigenvalue weighted by Crippen LogP contribution is 2.37. The lowest BCUT2D eigenvalue weighted by molar-refractivity contribution is -0.115. The molecule has 1 saturated carbocycles. The molecule has 1 heterocycles. The number of aromatic nitrogens is 3. The van der Waals surface area contributed by atoms with Crippen LogP contribution in [0.3, 0.4) is 0 Å². The van der Waals surface area contributed by atoms with E-state index >= 15 is 0 Å². The van der Waals surface area contributed by atoms with Crippen LogP contribution >= 0.6 is 35.0 Å². The second-order valence-electron chi connectivity index (χ2n) is 5.29. The normalized spacial score (nSPS) is 15.4. The molecule has 0 unspecified atom stereocenters. The number of nitrogens with one attached hydrogen (secondary N) is 2. The summed E-state index contributed by atoms with van der Waals surface area (Å²) in [5.74, 6) is -0.239. The minimum atomic E-state index is -0.447. The fourth-order valence-electron chi connectivity index (χ4n) is 2.07. The molecule has 6 nitrogen and oxygen atoms in total. The Balaban J connectivity index is 1.71. The summed E-state index contributed by atoms with van der Waals surface area (Å²) in [6.45, 7) is 1.74. The highest BCUT2D eigenvalue weighted by Gasteiger charge is 2.30. The van der Waals surface area contributed by atoms with E-state index in [4.69, 9.17) is 23.2 Å². The zero-order valence-corrected chi connectivity index (χ0v) is 14.5. The van der Waals surface area contributed by atoms with Gasteiger partial charge in [0.2, 0.25) is 5.91 Å². The van der Waals surface area contributed by atoms with Crippen molar-refractivity contribution in [2.45, 2.75) is 36.2 Å². The Kier molecular flexibility index (Phi) is 4.70. The van der Waals surface area contributed by atoms with E-state index in [9.17, 15) is 9.59 Å². The number of thioether (sulfide) groups is 1. The predicted molar refractivity (Wildman–Crippen MR) is 91.5 cm³/mol. The summed E-state index contributed by atoms with van der Waals surface area (Å²) >= 11 is 13.2. The molecule has 2 N–H and O–H groups in total. The highest BCUT2D eigenvalue weighted by molar-refractivity contribution is 8.00. The molecule has 0 aliphatic heterocycles. The number of carbonyl (C=O) groups is 1. The van der Waals surface area contributed by atoms with Gasteiger partial charge in [0.15, 0.2) is 5.16 Å². The van der Waals surface area contributed by atoms with E-state index in [0.717, 1.165) is 12.8 Å². The van der Waals surface area contributed by atoms with Crippen molar-refractivity contribution in [2.75, 3.05) is 5.32 Å². The van der Waals surface area contributed by atoms with Crippen molar-refractivity contribution in [1.29, 1.82) is 0 Å². The molecule has 0 radical (unpaired) electrons. The first-order valence-corrected chi connectivity index (χ1v) is 8.68. The third-order valence-corrected chi connectivity index (χ3v) is 5.05. The van der Waals surface area contributed by atoms with Crippen molar-refractivity contribution in [3.63, 3.8) is 0 Å². The van der Waals surface area contributed by atoms with Crippen LogP contribution in [-0.2, 0) is 4.79 Å². The van der Waals surface area contributed by atoms with Gasteiger partial charge < -0.3 is 5.32 Å². The summed E-state index contributed by atoms with van der Waals surface area (Å²) in [6.07, 6.45) is 1.93. The molecule has 0 bridgehead atoms. The van der Waals surface area contributed by atoms with Crippen LogP contribution in [0.2, 0.25) is 10.0 Å². The highest BCUT2D eigenvalue weighted by atomic mass is 35.5. The molecule has 23 heavy (non-hydrogen) atoms. The molecule has 1 aromatic heterocycles. The van der Waals surface area contributed by atoms with Gasteiger partial charge in [-0.15, -0.1) is 5.10 Å². The first-order chi connectivity index (χ1) is 11.0. The number of aromatic amines is 1. The van der Waals surface area contributed by atoms with E-state index in [1.807, 2.05) is 0 Å². The standard InChI is InChI=1S/C14H14Cl2N4O2S/c1-7(12(21)17-11-6-8(15)2-5-10(11)16)23-14-19-18-13(22)20(14)9-3-4-9/h2,5-7,9H,3-4H2,1H3,(H,17,21)(H,18,22)/t7-/m1/s1. The van der Waals surface area contributed by atoms with Gasteiger partial charge in [0.25, 0.3) is 0 Å². The molecule has 1 fully saturated rings. The summed E-state index contributed by atoms with van der Waals surface area (Å²) in [6, 6.07) is 5.06. The van der Waals surface area contributed by atoms with E-state index in [1.165, 1.54) is 11.8 Å². The average molecular weight is 373 g/mol. The summed E-state index contributed by atoms with van der Waals surface area (Å²) in [4.78, 5) is 24.1. The fraction of sp³-hybridized carbons (Fsp3) is 0.357. The number of amides is 1. The lowest BCUT2D eigenvalue weighted by Crippen LogP contribution is -2.24. The van der Waals surface area contributed by atoms with Crippen LogP contribution in [0.5, 0.6) is 0 Å². The number of nitrogens with zero attached hydrogens (tertiary/aromatic N) is 2. The van der Waals surface area contributed by atoms with Crippen molar-refractivity contribution in [1.82, 2.24) is 14.8 Å². The monoisotopic (exact) mass is 372 g/mol. The number of hydrogen-bond acceptors (Lipinski definition) is 4. The molecule has 1 aliphatic rings. The number of halogens is 2. The molecule has 0 spiro atoms. The van der Waals surface area contributed by atoms with Gasteiger partial charge in [-0.2, -0.15) is 0 Å². The Morgan fingerprint density at radius 1 is 1.48 bits per heavy atom. The Bertz CT molecular complexity index is 800. The lowest BCUT2D eigenvalue weighted by atomic mass is 10.3. The van der Waals surface area contributed by atoms with Crippen molar-refractivity contribution in [3.05, 3.63) is 38.7 Å². The third kappa shape index (κ3) is 3.73. The van der Waals surface area contributed by atoms with Crippen molar-refractivity contribution in [2.24, 2.45) is 0 Å². The molecule has 1 aliphatic carbocycles. The minimum Gasteiger partial charge on any atom is -0.324 e. The predicted octanol–water partition coefficient (Wildman–Crippen LogP) is 3.33. The molecule has 1 aromatic carbocycles. The second-order valence-corrected chi connectivity index (χ2v) is 7.44. The van der Waals surface area contributed by atoms with Crippen molar-refractivity contribution < 1.29 is 4.79 Å². The largest absolute Gasteiger partial charge is 0.344 e. The first kappa shape index (κ1) is 16.4. The van der Waals surface area contributed by atoms with Crippen molar-refractivity contribution in [3.8, 4) is 0 Å². The average Bonchev–Trinajstić information content (AvgIpc) is 3.27. The molecule has 1 amide bonds. The van der Waals surface area contributed by atoms with Gasteiger partial charge in [0.05, 0.1) is 16.0 Å². The molecule has 9 heteroatoms. The summed E-state index contributed by atoms with van der Waals surface area (Å²) in [5.41, 5.74) is 0.221. The van der Waals surface area contributed by atoms with Crippen LogP contribution in [0.15, 0.2) is 28.2 Å². The van der Waals surface area contributed by atoms with Gasteiger partial charge in [-0.1, -0.05) is 35.0 Å². The SMILES string of the molecule is C[C@@H](Sc1n[nH]c(=O)n1C1CC1)C(=O)Nc1cc(Cl)ccc1Cl. The van der Waals surface area contributed by atoms with Crippen LogP contribution in [-0.4, -0.2) is 25.9 Å². The Morgan fingerprint density at radius 2 is 2.22 bits per heavy atom. The van der Waals surface area contributed by atoms with E-state index in [2.05, 4.69) is 15.5 Å². The van der Waals surface area contributed by atoms with Gasteiger partial charge in [-0.25, -0.2) is 9.89 Å². The van der Waals surface area contributed by atoms with Gasteiger partial charge >= 0.3 is 5.69 Å². The quantitative estimate of drug-likeness (QED) is 0.788. The van der Waals surface area contributed by atoms with E-state index in [1.54, 1.807) is 29.7 Å². The molecular formula is C14H14Cl2N4O2S.